The highest BCUT2D eigenvalue weighted by molar-refractivity contribution is 6.04. The molecule has 0 radical (unpaired) electrons. The minimum Gasteiger partial charge on any atom is -0.491 e. The van der Waals surface area contributed by atoms with Gasteiger partial charge in [-0.1, -0.05) is 32.0 Å². The Morgan fingerprint density at radius 3 is 2.36 bits per heavy atom. The van der Waals surface area contributed by atoms with Gasteiger partial charge >= 0.3 is 0 Å². The number of hydrogen-bond donors (Lipinski definition) is 0. The number of aromatic nitrogens is 1. The first-order valence-electron chi connectivity index (χ1n) is 9.66. The highest BCUT2D eigenvalue weighted by atomic mass is 19.1. The van der Waals surface area contributed by atoms with Gasteiger partial charge in [-0.2, -0.15) is 0 Å². The van der Waals surface area contributed by atoms with E-state index in [0.717, 1.165) is 29.1 Å². The summed E-state index contributed by atoms with van der Waals surface area (Å²) in [5.74, 6) is 0.419. The molecular formula is C24H24FNO2. The summed E-state index contributed by atoms with van der Waals surface area (Å²) in [6.45, 7) is 6.61. The molecule has 4 rings (SSSR count). The molecule has 3 nitrogen and oxygen atoms in total. The molecule has 4 heteroatoms. The predicted octanol–water partition coefficient (Wildman–Crippen LogP) is 5.84. The van der Waals surface area contributed by atoms with Crippen LogP contribution in [-0.4, -0.2) is 17.0 Å². The molecule has 3 aromatic rings. The van der Waals surface area contributed by atoms with Crippen molar-refractivity contribution in [3.8, 4) is 22.7 Å². The van der Waals surface area contributed by atoms with Crippen LogP contribution in [0.5, 0.6) is 5.75 Å². The average molecular weight is 377 g/mol. The summed E-state index contributed by atoms with van der Waals surface area (Å²) in [4.78, 5) is 13.1. The second kappa shape index (κ2) is 6.93. The highest BCUT2D eigenvalue weighted by Gasteiger charge is 2.39. The Bertz CT molecular complexity index is 1020. The number of carbonyl (C=O) groups excluding carboxylic acids is 1. The van der Waals surface area contributed by atoms with E-state index in [1.165, 1.54) is 12.1 Å². The molecule has 28 heavy (non-hydrogen) atoms. The van der Waals surface area contributed by atoms with E-state index < -0.39 is 0 Å². The Morgan fingerprint density at radius 2 is 1.71 bits per heavy atom. The summed E-state index contributed by atoms with van der Waals surface area (Å²) in [7, 11) is 0. The molecule has 1 aliphatic rings. The maximum Gasteiger partial charge on any atom is 0.169 e. The van der Waals surface area contributed by atoms with Crippen molar-refractivity contribution in [1.29, 1.82) is 0 Å². The van der Waals surface area contributed by atoms with Crippen LogP contribution in [0.15, 0.2) is 54.6 Å². The van der Waals surface area contributed by atoms with Crippen molar-refractivity contribution in [3.63, 3.8) is 0 Å². The van der Waals surface area contributed by atoms with Crippen LogP contribution < -0.4 is 4.74 Å². The summed E-state index contributed by atoms with van der Waals surface area (Å²) in [5.41, 5.74) is 4.12. The molecule has 1 heterocycles. The molecule has 0 unspecified atom stereocenters. The largest absolute Gasteiger partial charge is 0.491 e. The van der Waals surface area contributed by atoms with Gasteiger partial charge < -0.3 is 9.30 Å². The first-order valence-corrected chi connectivity index (χ1v) is 9.66. The van der Waals surface area contributed by atoms with Gasteiger partial charge in [0.2, 0.25) is 0 Å². The molecule has 0 N–H and O–H groups in total. The van der Waals surface area contributed by atoms with Crippen LogP contribution in [0.25, 0.3) is 16.9 Å². The summed E-state index contributed by atoms with van der Waals surface area (Å²) >= 11 is 0. The zero-order valence-electron chi connectivity index (χ0n) is 16.5. The third kappa shape index (κ3) is 3.13. The molecule has 144 valence electrons. The quantitative estimate of drug-likeness (QED) is 0.572. The fraction of sp³-hybridized carbons (Fsp3) is 0.292. The minimum absolute atomic E-state index is 0.104. The second-order valence-corrected chi connectivity index (χ2v) is 8.05. The Kier molecular flexibility index (Phi) is 4.58. The van der Waals surface area contributed by atoms with Crippen molar-refractivity contribution in [2.75, 3.05) is 6.61 Å². The van der Waals surface area contributed by atoms with Gasteiger partial charge in [-0.05, 0) is 55.2 Å². The van der Waals surface area contributed by atoms with Gasteiger partial charge in [-0.25, -0.2) is 4.39 Å². The Morgan fingerprint density at radius 1 is 1.04 bits per heavy atom. The molecule has 0 saturated heterocycles. The number of Topliss-reactive ketones (excluding diaryl/α,β-unsaturated/α-hetero) is 1. The van der Waals surface area contributed by atoms with E-state index in [1.807, 2.05) is 37.3 Å². The lowest BCUT2D eigenvalue weighted by Gasteiger charge is -2.29. The minimum atomic E-state index is -0.290. The zero-order chi connectivity index (χ0) is 19.9. The van der Waals surface area contributed by atoms with Gasteiger partial charge in [-0.15, -0.1) is 0 Å². The van der Waals surface area contributed by atoms with Crippen LogP contribution in [0.1, 0.15) is 43.2 Å². The van der Waals surface area contributed by atoms with E-state index in [1.54, 1.807) is 12.1 Å². The molecule has 0 bridgehead atoms. The first-order chi connectivity index (χ1) is 13.4. The number of fused-ring (bicyclic) bond motifs is 1. The number of ketones is 1. The van der Waals surface area contributed by atoms with Crippen molar-refractivity contribution >= 4 is 5.78 Å². The molecule has 0 spiro atoms. The van der Waals surface area contributed by atoms with E-state index in [-0.39, 0.29) is 17.0 Å². The Labute approximate surface area is 164 Å². The number of nitrogens with zero attached hydrogens (tertiary/aromatic N) is 1. The third-order valence-corrected chi connectivity index (χ3v) is 5.21. The molecule has 0 aliphatic heterocycles. The smallest absolute Gasteiger partial charge is 0.169 e. The fourth-order valence-corrected chi connectivity index (χ4v) is 4.11. The SMILES string of the molecule is CCOc1c2c(n(-c3ccccc3)c1-c1ccc(F)cc1)CC(C)(C)CC2=O. The van der Waals surface area contributed by atoms with Crippen LogP contribution in [0.2, 0.25) is 0 Å². The van der Waals surface area contributed by atoms with E-state index in [2.05, 4.69) is 18.4 Å². The van der Waals surface area contributed by atoms with Gasteiger partial charge in [0.15, 0.2) is 11.5 Å². The molecule has 1 aliphatic carbocycles. The van der Waals surface area contributed by atoms with E-state index in [4.69, 9.17) is 4.74 Å². The fourth-order valence-electron chi connectivity index (χ4n) is 4.11. The van der Waals surface area contributed by atoms with Crippen molar-refractivity contribution in [1.82, 2.24) is 4.57 Å². The number of ether oxygens (including phenoxy) is 1. The van der Waals surface area contributed by atoms with E-state index in [0.29, 0.717) is 24.3 Å². The van der Waals surface area contributed by atoms with E-state index >= 15 is 0 Å². The van der Waals surface area contributed by atoms with Gasteiger partial charge in [0.25, 0.3) is 0 Å². The molecule has 2 aromatic carbocycles. The van der Waals surface area contributed by atoms with Gasteiger partial charge in [0, 0.05) is 23.4 Å². The number of benzene rings is 2. The molecular weight excluding hydrogens is 353 g/mol. The number of carbonyl (C=O) groups is 1. The maximum absolute atomic E-state index is 13.6. The van der Waals surface area contributed by atoms with Crippen molar-refractivity contribution < 1.29 is 13.9 Å². The van der Waals surface area contributed by atoms with Crippen LogP contribution in [0.3, 0.4) is 0 Å². The topological polar surface area (TPSA) is 31.2 Å². The van der Waals surface area contributed by atoms with E-state index in [9.17, 15) is 9.18 Å². The summed E-state index contributed by atoms with van der Waals surface area (Å²) in [5, 5.41) is 0. The molecule has 0 atom stereocenters. The number of hydrogen-bond acceptors (Lipinski definition) is 2. The Balaban J connectivity index is 2.08. The first kappa shape index (κ1) is 18.5. The molecule has 0 saturated carbocycles. The van der Waals surface area contributed by atoms with Crippen LogP contribution in [0.4, 0.5) is 4.39 Å². The third-order valence-electron chi connectivity index (χ3n) is 5.21. The summed E-state index contributed by atoms with van der Waals surface area (Å²) in [6.07, 6.45) is 1.26. The van der Waals surface area contributed by atoms with Gasteiger partial charge in [-0.3, -0.25) is 4.79 Å². The maximum atomic E-state index is 13.6. The number of halogens is 1. The summed E-state index contributed by atoms with van der Waals surface area (Å²) < 4.78 is 21.7. The zero-order valence-corrected chi connectivity index (χ0v) is 16.5. The van der Waals surface area contributed by atoms with Crippen LogP contribution in [-0.2, 0) is 6.42 Å². The lowest BCUT2D eigenvalue weighted by Crippen LogP contribution is -2.28. The standard InChI is InChI=1S/C24H24FNO2/c1-4-28-23-21-19(14-24(2,3)15-20(21)27)26(18-8-6-5-7-9-18)22(23)16-10-12-17(25)13-11-16/h5-13H,4,14-15H2,1-3H3. The molecule has 0 amide bonds. The lowest BCUT2D eigenvalue weighted by atomic mass is 9.76. The van der Waals surface area contributed by atoms with Crippen molar-refractivity contribution in [3.05, 3.63) is 71.7 Å². The van der Waals surface area contributed by atoms with Crippen molar-refractivity contribution in [2.45, 2.75) is 33.6 Å². The van der Waals surface area contributed by atoms with Gasteiger partial charge in [0.1, 0.15) is 5.82 Å². The Hall–Kier alpha value is -2.88. The van der Waals surface area contributed by atoms with Gasteiger partial charge in [0.05, 0.1) is 17.9 Å². The highest BCUT2D eigenvalue weighted by Crippen LogP contribution is 2.47. The predicted molar refractivity (Wildman–Crippen MR) is 109 cm³/mol. The average Bonchev–Trinajstić information content (AvgIpc) is 2.96. The number of rotatable bonds is 4. The normalized spacial score (nSPS) is 15.4. The van der Waals surface area contributed by atoms with Crippen LogP contribution in [0, 0.1) is 11.2 Å². The van der Waals surface area contributed by atoms with Crippen molar-refractivity contribution in [2.24, 2.45) is 5.41 Å². The summed E-state index contributed by atoms with van der Waals surface area (Å²) in [6, 6.07) is 16.3. The monoisotopic (exact) mass is 377 g/mol. The molecule has 0 fully saturated rings. The van der Waals surface area contributed by atoms with Crippen LogP contribution >= 0.6 is 0 Å². The second-order valence-electron chi connectivity index (χ2n) is 8.05. The number of para-hydroxylation sites is 1. The molecule has 1 aromatic heterocycles. The lowest BCUT2D eigenvalue weighted by molar-refractivity contribution is 0.0907.